The molecule has 0 saturated carbocycles. The van der Waals surface area contributed by atoms with Gasteiger partial charge in [-0.3, -0.25) is 9.69 Å². The molecular formula is C25H25Cl2N7O. The number of halogens is 2. The van der Waals surface area contributed by atoms with Crippen LogP contribution in [-0.4, -0.2) is 56.6 Å². The summed E-state index contributed by atoms with van der Waals surface area (Å²) >= 11 is 12.7. The number of fused-ring (bicyclic) bond motifs is 3. The first-order valence-corrected chi connectivity index (χ1v) is 12.5. The highest BCUT2D eigenvalue weighted by Crippen LogP contribution is 2.34. The molecule has 3 heterocycles. The Morgan fingerprint density at radius 2 is 1.80 bits per heavy atom. The van der Waals surface area contributed by atoms with E-state index in [1.54, 1.807) is 18.2 Å². The zero-order valence-electron chi connectivity index (χ0n) is 19.2. The van der Waals surface area contributed by atoms with Crippen molar-refractivity contribution in [1.82, 2.24) is 29.7 Å². The molecule has 8 nitrogen and oxygen atoms in total. The quantitative estimate of drug-likeness (QED) is 0.379. The molecule has 2 aliphatic rings. The Morgan fingerprint density at radius 3 is 2.57 bits per heavy atom. The van der Waals surface area contributed by atoms with Crippen LogP contribution < -0.4 is 16.2 Å². The Kier molecular flexibility index (Phi) is 5.76. The Bertz CT molecular complexity index is 1510. The highest BCUT2D eigenvalue weighted by Gasteiger charge is 2.25. The van der Waals surface area contributed by atoms with Gasteiger partial charge in [-0.25, -0.2) is 9.97 Å². The second-order valence-corrected chi connectivity index (χ2v) is 9.86. The minimum Gasteiger partial charge on any atom is -0.323 e. The lowest BCUT2D eigenvalue weighted by Crippen LogP contribution is -2.47. The first kappa shape index (κ1) is 22.5. The largest absolute Gasteiger partial charge is 0.323 e. The van der Waals surface area contributed by atoms with Gasteiger partial charge in [0.15, 0.2) is 0 Å². The van der Waals surface area contributed by atoms with Crippen molar-refractivity contribution < 1.29 is 0 Å². The molecule has 2 aromatic carbocycles. The number of anilines is 2. The number of aromatic nitrogens is 4. The Labute approximate surface area is 212 Å². The monoisotopic (exact) mass is 509 g/mol. The standard InChI is InChI=1S/C25H25Cl2N7O/c1-33-22-19(30-25(33)31-21-16(26)3-2-4-17(21)27)8-7-18-20(22)24(35)32-23(29-18)14-5-6-15(13-14)34-11-9-28-10-12-34/h2-4,7-8,13,15,28H,5-6,9-12H2,1H3,(H,30,31)(H,29,32,35). The summed E-state index contributed by atoms with van der Waals surface area (Å²) in [4.78, 5) is 28.4. The third-order valence-corrected chi connectivity index (χ3v) is 7.56. The number of hydrogen-bond acceptors (Lipinski definition) is 6. The van der Waals surface area contributed by atoms with E-state index in [-0.39, 0.29) is 5.56 Å². The molecule has 0 radical (unpaired) electrons. The number of aryl methyl sites for hydroxylation is 1. The average molecular weight is 510 g/mol. The average Bonchev–Trinajstić information content (AvgIpc) is 3.47. The molecule has 0 amide bonds. The number of rotatable bonds is 4. The van der Waals surface area contributed by atoms with E-state index in [4.69, 9.17) is 28.2 Å². The Balaban J connectivity index is 1.39. The van der Waals surface area contributed by atoms with Gasteiger partial charge in [0, 0.05) is 39.3 Å². The molecule has 35 heavy (non-hydrogen) atoms. The van der Waals surface area contributed by atoms with Crippen molar-refractivity contribution in [3.05, 3.63) is 62.6 Å². The number of para-hydroxylation sites is 1. The highest BCUT2D eigenvalue weighted by atomic mass is 35.5. The van der Waals surface area contributed by atoms with Gasteiger partial charge in [0.05, 0.1) is 37.7 Å². The lowest BCUT2D eigenvalue weighted by atomic mass is 10.1. The van der Waals surface area contributed by atoms with Gasteiger partial charge in [-0.1, -0.05) is 35.3 Å². The van der Waals surface area contributed by atoms with Crippen LogP contribution in [0.3, 0.4) is 0 Å². The molecule has 1 saturated heterocycles. The molecule has 3 N–H and O–H groups in total. The molecular weight excluding hydrogens is 485 g/mol. The fraction of sp³-hybridized carbons (Fsp3) is 0.320. The Morgan fingerprint density at radius 1 is 1.06 bits per heavy atom. The van der Waals surface area contributed by atoms with Crippen LogP contribution in [0, 0.1) is 0 Å². The van der Waals surface area contributed by atoms with Crippen LogP contribution in [0.25, 0.3) is 27.5 Å². The maximum absolute atomic E-state index is 13.3. The minimum atomic E-state index is -0.174. The topological polar surface area (TPSA) is 90.9 Å². The van der Waals surface area contributed by atoms with Gasteiger partial charge in [0.1, 0.15) is 5.82 Å². The van der Waals surface area contributed by atoms with Crippen LogP contribution in [0.5, 0.6) is 0 Å². The summed E-state index contributed by atoms with van der Waals surface area (Å²) in [5.41, 5.74) is 3.53. The van der Waals surface area contributed by atoms with Crippen molar-refractivity contribution in [1.29, 1.82) is 0 Å². The highest BCUT2D eigenvalue weighted by molar-refractivity contribution is 6.39. The molecule has 1 aliphatic carbocycles. The molecule has 2 aromatic heterocycles. The predicted octanol–water partition coefficient (Wildman–Crippen LogP) is 4.31. The van der Waals surface area contributed by atoms with Crippen LogP contribution in [0.1, 0.15) is 18.7 Å². The zero-order valence-corrected chi connectivity index (χ0v) is 20.7. The molecule has 10 heteroatoms. The number of allylic oxidation sites excluding steroid dienone is 1. The van der Waals surface area contributed by atoms with Gasteiger partial charge in [-0.05, 0) is 42.7 Å². The molecule has 1 fully saturated rings. The first-order valence-electron chi connectivity index (χ1n) is 11.8. The van der Waals surface area contributed by atoms with E-state index in [0.717, 1.165) is 44.6 Å². The molecule has 1 aliphatic heterocycles. The summed E-state index contributed by atoms with van der Waals surface area (Å²) in [6.45, 7) is 4.13. The van der Waals surface area contributed by atoms with Crippen molar-refractivity contribution in [2.24, 2.45) is 7.05 Å². The van der Waals surface area contributed by atoms with Crippen LogP contribution >= 0.6 is 23.2 Å². The van der Waals surface area contributed by atoms with E-state index < -0.39 is 0 Å². The van der Waals surface area contributed by atoms with Gasteiger partial charge in [0.2, 0.25) is 5.95 Å². The van der Waals surface area contributed by atoms with E-state index in [2.05, 4.69) is 31.6 Å². The maximum Gasteiger partial charge on any atom is 0.261 e. The van der Waals surface area contributed by atoms with E-state index in [0.29, 0.717) is 55.5 Å². The number of hydrogen-bond donors (Lipinski definition) is 3. The summed E-state index contributed by atoms with van der Waals surface area (Å²) in [5, 5.41) is 8.10. The van der Waals surface area contributed by atoms with E-state index in [1.807, 2.05) is 23.7 Å². The summed E-state index contributed by atoms with van der Waals surface area (Å²) in [6, 6.07) is 9.45. The fourth-order valence-electron chi connectivity index (χ4n) is 5.12. The second-order valence-electron chi connectivity index (χ2n) is 9.04. The lowest BCUT2D eigenvalue weighted by Gasteiger charge is -2.31. The zero-order chi connectivity index (χ0) is 24.1. The van der Waals surface area contributed by atoms with Crippen LogP contribution in [0.15, 0.2) is 41.2 Å². The van der Waals surface area contributed by atoms with Crippen molar-refractivity contribution in [3.63, 3.8) is 0 Å². The molecule has 1 atom stereocenters. The van der Waals surface area contributed by atoms with Gasteiger partial charge in [-0.15, -0.1) is 0 Å². The number of benzene rings is 2. The molecule has 0 spiro atoms. The Hall–Kier alpha value is -2.91. The van der Waals surface area contributed by atoms with E-state index in [9.17, 15) is 4.79 Å². The van der Waals surface area contributed by atoms with E-state index in [1.165, 1.54) is 0 Å². The number of H-pyrrole nitrogens is 1. The predicted molar refractivity (Wildman–Crippen MR) is 142 cm³/mol. The molecule has 4 aromatic rings. The third kappa shape index (κ3) is 4.00. The van der Waals surface area contributed by atoms with Gasteiger partial charge in [-0.2, -0.15) is 0 Å². The van der Waals surface area contributed by atoms with Crippen LogP contribution in [0.2, 0.25) is 10.0 Å². The van der Waals surface area contributed by atoms with Crippen LogP contribution in [-0.2, 0) is 7.05 Å². The first-order chi connectivity index (χ1) is 17.0. The number of nitrogens with one attached hydrogen (secondary N) is 3. The number of piperazine rings is 1. The SMILES string of the molecule is Cn1c(Nc2c(Cl)cccc2Cl)nc2ccc3nc(C4=CC(N5CCNCC5)CC4)[nH]c(=O)c3c21. The fourth-order valence-corrected chi connectivity index (χ4v) is 5.62. The normalized spacial score (nSPS) is 18.9. The third-order valence-electron chi connectivity index (χ3n) is 6.93. The van der Waals surface area contributed by atoms with Crippen molar-refractivity contribution in [3.8, 4) is 0 Å². The molecule has 1 unspecified atom stereocenters. The maximum atomic E-state index is 13.3. The lowest BCUT2D eigenvalue weighted by molar-refractivity contribution is 0.200. The van der Waals surface area contributed by atoms with Crippen molar-refractivity contribution >= 4 is 62.3 Å². The summed E-state index contributed by atoms with van der Waals surface area (Å²) in [7, 11) is 1.85. The molecule has 0 bridgehead atoms. The number of imidazole rings is 1. The summed E-state index contributed by atoms with van der Waals surface area (Å²) in [6.07, 6.45) is 4.23. The second kappa shape index (κ2) is 8.95. The number of nitrogens with zero attached hydrogens (tertiary/aromatic N) is 4. The van der Waals surface area contributed by atoms with Gasteiger partial charge < -0.3 is 20.2 Å². The summed E-state index contributed by atoms with van der Waals surface area (Å²) in [5.74, 6) is 1.19. The molecule has 6 rings (SSSR count). The van der Waals surface area contributed by atoms with Gasteiger partial charge >= 0.3 is 0 Å². The summed E-state index contributed by atoms with van der Waals surface area (Å²) < 4.78 is 1.84. The van der Waals surface area contributed by atoms with Crippen molar-refractivity contribution in [2.45, 2.75) is 18.9 Å². The van der Waals surface area contributed by atoms with E-state index >= 15 is 0 Å². The minimum absolute atomic E-state index is 0.174. The van der Waals surface area contributed by atoms with Gasteiger partial charge in [0.25, 0.3) is 5.56 Å². The van der Waals surface area contributed by atoms with Crippen LogP contribution in [0.4, 0.5) is 11.6 Å². The smallest absolute Gasteiger partial charge is 0.261 e. The molecule has 180 valence electrons. The van der Waals surface area contributed by atoms with Crippen molar-refractivity contribution in [2.75, 3.05) is 31.5 Å². The number of aromatic amines is 1.